The van der Waals surface area contributed by atoms with E-state index < -0.39 is 11.6 Å². The van der Waals surface area contributed by atoms with Crippen LogP contribution in [-0.4, -0.2) is 41.9 Å². The lowest BCUT2D eigenvalue weighted by Crippen LogP contribution is -2.44. The molecule has 1 aromatic carbocycles. The highest BCUT2D eigenvalue weighted by molar-refractivity contribution is 5.79. The number of nitrogens with zero attached hydrogens (tertiary/aromatic N) is 2. The highest BCUT2D eigenvalue weighted by Gasteiger charge is 2.28. The second-order valence-electron chi connectivity index (χ2n) is 5.82. The molecule has 22 heavy (non-hydrogen) atoms. The van der Waals surface area contributed by atoms with Gasteiger partial charge in [0.15, 0.2) is 0 Å². The first kappa shape index (κ1) is 16.9. The quantitative estimate of drug-likeness (QED) is 0.834. The normalized spacial score (nSPS) is 19.2. The van der Waals surface area contributed by atoms with Crippen molar-refractivity contribution in [2.24, 2.45) is 5.92 Å². The molecule has 0 aromatic heterocycles. The van der Waals surface area contributed by atoms with E-state index in [4.69, 9.17) is 0 Å². The average Bonchev–Trinajstić information content (AvgIpc) is 2.52. The highest BCUT2D eigenvalue weighted by atomic mass is 19.1. The van der Waals surface area contributed by atoms with Crippen molar-refractivity contribution >= 4 is 5.91 Å². The van der Waals surface area contributed by atoms with Gasteiger partial charge >= 0.3 is 0 Å². The first-order valence-corrected chi connectivity index (χ1v) is 8.00. The van der Waals surface area contributed by atoms with Gasteiger partial charge in [0.05, 0.1) is 5.92 Å². The molecular formula is C17H24F2N2O. The minimum Gasteiger partial charge on any atom is -0.343 e. The predicted octanol–water partition coefficient (Wildman–Crippen LogP) is 3.05. The van der Waals surface area contributed by atoms with E-state index in [9.17, 15) is 13.6 Å². The van der Waals surface area contributed by atoms with Crippen LogP contribution in [0, 0.1) is 17.6 Å². The summed E-state index contributed by atoms with van der Waals surface area (Å²) >= 11 is 0. The molecule has 0 N–H and O–H groups in total. The van der Waals surface area contributed by atoms with E-state index in [0.29, 0.717) is 31.7 Å². The topological polar surface area (TPSA) is 23.6 Å². The summed E-state index contributed by atoms with van der Waals surface area (Å²) in [4.78, 5) is 16.3. The van der Waals surface area contributed by atoms with Crippen molar-refractivity contribution in [3.05, 3.63) is 35.4 Å². The van der Waals surface area contributed by atoms with E-state index in [1.54, 1.807) is 0 Å². The average molecular weight is 310 g/mol. The Hall–Kier alpha value is -1.49. The fourth-order valence-electron chi connectivity index (χ4n) is 3.10. The standard InChI is InChI=1S/C17H24F2N2O/c1-3-21(4-2)17(22)13-6-5-9-20(11-13)12-14-10-15(18)7-8-16(14)19/h7-8,10,13H,3-6,9,11-12H2,1-2H3. The Bertz CT molecular complexity index is 517. The summed E-state index contributed by atoms with van der Waals surface area (Å²) in [5, 5.41) is 0. The largest absolute Gasteiger partial charge is 0.343 e. The molecular weight excluding hydrogens is 286 g/mol. The van der Waals surface area contributed by atoms with Gasteiger partial charge in [0.1, 0.15) is 11.6 Å². The predicted molar refractivity (Wildman–Crippen MR) is 82.3 cm³/mol. The molecule has 0 bridgehead atoms. The number of piperidine rings is 1. The van der Waals surface area contributed by atoms with Crippen molar-refractivity contribution in [2.45, 2.75) is 33.2 Å². The summed E-state index contributed by atoms with van der Waals surface area (Å²) in [6.45, 7) is 7.16. The van der Waals surface area contributed by atoms with Gasteiger partial charge in [-0.15, -0.1) is 0 Å². The van der Waals surface area contributed by atoms with E-state index in [1.165, 1.54) is 6.07 Å². The fourth-order valence-corrected chi connectivity index (χ4v) is 3.10. The summed E-state index contributed by atoms with van der Waals surface area (Å²) in [5.74, 6) is -0.678. The Morgan fingerprint density at radius 3 is 2.73 bits per heavy atom. The lowest BCUT2D eigenvalue weighted by Gasteiger charge is -2.34. The van der Waals surface area contributed by atoms with Crippen LogP contribution < -0.4 is 0 Å². The molecule has 0 radical (unpaired) electrons. The third kappa shape index (κ3) is 4.03. The van der Waals surface area contributed by atoms with Gasteiger partial charge in [0, 0.05) is 31.7 Å². The molecule has 5 heteroatoms. The maximum atomic E-state index is 13.7. The zero-order valence-electron chi connectivity index (χ0n) is 13.3. The third-order valence-corrected chi connectivity index (χ3v) is 4.33. The Morgan fingerprint density at radius 2 is 2.05 bits per heavy atom. The number of hydrogen-bond donors (Lipinski definition) is 0. The van der Waals surface area contributed by atoms with Crippen LogP contribution >= 0.6 is 0 Å². The van der Waals surface area contributed by atoms with Crippen LogP contribution in [0.4, 0.5) is 8.78 Å². The fraction of sp³-hybridized carbons (Fsp3) is 0.588. The number of rotatable bonds is 5. The van der Waals surface area contributed by atoms with Crippen molar-refractivity contribution < 1.29 is 13.6 Å². The minimum absolute atomic E-state index is 0.0368. The van der Waals surface area contributed by atoms with E-state index >= 15 is 0 Å². The van der Waals surface area contributed by atoms with Crippen molar-refractivity contribution in [3.8, 4) is 0 Å². The zero-order valence-corrected chi connectivity index (χ0v) is 13.3. The SMILES string of the molecule is CCN(CC)C(=O)C1CCCN(Cc2cc(F)ccc2F)C1. The molecule has 0 aliphatic carbocycles. The first-order valence-electron chi connectivity index (χ1n) is 8.00. The Kier molecular flexibility index (Phi) is 5.89. The second-order valence-corrected chi connectivity index (χ2v) is 5.82. The van der Waals surface area contributed by atoms with Crippen LogP contribution in [0.15, 0.2) is 18.2 Å². The smallest absolute Gasteiger partial charge is 0.226 e. The van der Waals surface area contributed by atoms with Crippen molar-refractivity contribution in [1.82, 2.24) is 9.80 Å². The van der Waals surface area contributed by atoms with E-state index in [1.807, 2.05) is 23.6 Å². The Balaban J connectivity index is 2.01. The number of carbonyl (C=O) groups excluding carboxylic acids is 1. The van der Waals surface area contributed by atoms with Gasteiger partial charge in [-0.25, -0.2) is 8.78 Å². The van der Waals surface area contributed by atoms with Crippen LogP contribution in [0.3, 0.4) is 0 Å². The lowest BCUT2D eigenvalue weighted by atomic mass is 9.96. The van der Waals surface area contributed by atoms with Crippen molar-refractivity contribution in [2.75, 3.05) is 26.2 Å². The van der Waals surface area contributed by atoms with Crippen LogP contribution in [-0.2, 0) is 11.3 Å². The number of carbonyl (C=O) groups is 1. The van der Waals surface area contributed by atoms with Crippen LogP contribution in [0.5, 0.6) is 0 Å². The van der Waals surface area contributed by atoms with Gasteiger partial charge in [-0.2, -0.15) is 0 Å². The highest BCUT2D eigenvalue weighted by Crippen LogP contribution is 2.22. The molecule has 1 heterocycles. The molecule has 0 spiro atoms. The van der Waals surface area contributed by atoms with Crippen molar-refractivity contribution in [3.63, 3.8) is 0 Å². The van der Waals surface area contributed by atoms with Crippen LogP contribution in [0.25, 0.3) is 0 Å². The van der Waals surface area contributed by atoms with Gasteiger partial charge in [-0.1, -0.05) is 0 Å². The van der Waals surface area contributed by atoms with Gasteiger partial charge in [0.2, 0.25) is 5.91 Å². The van der Waals surface area contributed by atoms with Gasteiger partial charge in [-0.3, -0.25) is 9.69 Å². The summed E-state index contributed by atoms with van der Waals surface area (Å²) in [6, 6.07) is 3.53. The zero-order chi connectivity index (χ0) is 16.1. The summed E-state index contributed by atoms with van der Waals surface area (Å²) < 4.78 is 27.0. The molecule has 1 fully saturated rings. The number of benzene rings is 1. The number of amides is 1. The number of likely N-dealkylation sites (tertiary alicyclic amines) is 1. The molecule has 1 unspecified atom stereocenters. The molecule has 1 saturated heterocycles. The molecule has 1 atom stereocenters. The Labute approximate surface area is 130 Å². The molecule has 1 aliphatic heterocycles. The third-order valence-electron chi connectivity index (χ3n) is 4.33. The molecule has 3 nitrogen and oxygen atoms in total. The molecule has 1 aliphatic rings. The van der Waals surface area contributed by atoms with Gasteiger partial charge < -0.3 is 4.90 Å². The van der Waals surface area contributed by atoms with Gasteiger partial charge in [0.25, 0.3) is 0 Å². The number of hydrogen-bond acceptors (Lipinski definition) is 2. The van der Waals surface area contributed by atoms with E-state index in [2.05, 4.69) is 0 Å². The number of halogens is 2. The maximum Gasteiger partial charge on any atom is 0.226 e. The van der Waals surface area contributed by atoms with E-state index in [-0.39, 0.29) is 11.8 Å². The lowest BCUT2D eigenvalue weighted by molar-refractivity contribution is -0.137. The molecule has 1 aromatic rings. The second kappa shape index (κ2) is 7.68. The summed E-state index contributed by atoms with van der Waals surface area (Å²) in [5.41, 5.74) is 0.357. The van der Waals surface area contributed by atoms with Crippen LogP contribution in [0.2, 0.25) is 0 Å². The summed E-state index contributed by atoms with van der Waals surface area (Å²) in [7, 11) is 0. The maximum absolute atomic E-state index is 13.7. The first-order chi connectivity index (χ1) is 10.5. The minimum atomic E-state index is -0.427. The van der Waals surface area contributed by atoms with E-state index in [0.717, 1.165) is 31.5 Å². The van der Waals surface area contributed by atoms with Gasteiger partial charge in [-0.05, 0) is 51.4 Å². The van der Waals surface area contributed by atoms with Crippen molar-refractivity contribution in [1.29, 1.82) is 0 Å². The molecule has 1 amide bonds. The molecule has 122 valence electrons. The monoisotopic (exact) mass is 310 g/mol. The Morgan fingerprint density at radius 1 is 1.32 bits per heavy atom. The summed E-state index contributed by atoms with van der Waals surface area (Å²) in [6.07, 6.45) is 1.78. The molecule has 0 saturated carbocycles. The van der Waals surface area contributed by atoms with Crippen LogP contribution in [0.1, 0.15) is 32.3 Å². The molecule has 2 rings (SSSR count).